The number of pyridine rings is 1. The van der Waals surface area contributed by atoms with E-state index in [1.165, 1.54) is 6.07 Å². The average Bonchev–Trinajstić information content (AvgIpc) is 2.91. The monoisotopic (exact) mass is 346 g/mol. The molecule has 2 saturated carbocycles. The zero-order valence-corrected chi connectivity index (χ0v) is 13.8. The van der Waals surface area contributed by atoms with Gasteiger partial charge in [-0.2, -0.15) is 0 Å². The molecule has 4 atom stereocenters. The highest BCUT2D eigenvalue weighted by molar-refractivity contribution is 7.89. The smallest absolute Gasteiger partial charge is 0.239 e. The lowest BCUT2D eigenvalue weighted by molar-refractivity contribution is -0.0121. The van der Waals surface area contributed by atoms with Gasteiger partial charge in [-0.3, -0.25) is 0 Å². The quantitative estimate of drug-likeness (QED) is 0.861. The third-order valence-electron chi connectivity index (χ3n) is 4.94. The Balaban J connectivity index is 1.64. The van der Waals surface area contributed by atoms with E-state index in [2.05, 4.69) is 4.98 Å². The molecule has 0 spiro atoms. The summed E-state index contributed by atoms with van der Waals surface area (Å²) in [6.07, 6.45) is 3.91. The normalized spacial score (nSPS) is 34.1. The molecule has 0 saturated heterocycles. The summed E-state index contributed by atoms with van der Waals surface area (Å²) in [5.74, 6) is 1.38. The Morgan fingerprint density at radius 1 is 1.55 bits per heavy atom. The molecule has 8 heteroatoms. The second-order valence-corrected chi connectivity index (χ2v) is 8.53. The van der Waals surface area contributed by atoms with Gasteiger partial charge < -0.3 is 9.84 Å². The van der Waals surface area contributed by atoms with Crippen LogP contribution < -0.4 is 9.88 Å². The molecule has 0 unspecified atom stereocenters. The number of halogens is 1. The van der Waals surface area contributed by atoms with Crippen molar-refractivity contribution in [1.29, 1.82) is 0 Å². The Labute approximate surface area is 134 Å². The summed E-state index contributed by atoms with van der Waals surface area (Å²) < 4.78 is 28.1. The van der Waals surface area contributed by atoms with Gasteiger partial charge in [-0.25, -0.2) is 18.5 Å². The Bertz CT molecular complexity index is 692. The molecule has 3 N–H and O–H groups in total. The number of aromatic nitrogens is 1. The summed E-state index contributed by atoms with van der Waals surface area (Å²) in [5, 5.41) is 15.3. The number of fused-ring (bicyclic) bond motifs is 2. The molecule has 2 aliphatic carbocycles. The lowest BCUT2D eigenvalue weighted by atomic mass is 9.80. The maximum Gasteiger partial charge on any atom is 0.239 e. The predicted octanol–water partition coefficient (Wildman–Crippen LogP) is 1.56. The second-order valence-electron chi connectivity index (χ2n) is 6.56. The maximum atomic E-state index is 11.2. The molecular weight excluding hydrogens is 328 g/mol. The molecule has 1 aromatic heterocycles. The first-order valence-corrected chi connectivity index (χ1v) is 9.13. The van der Waals surface area contributed by atoms with Crippen molar-refractivity contribution in [2.45, 2.75) is 36.7 Å². The van der Waals surface area contributed by atoms with Crippen LogP contribution in [-0.2, 0) is 10.0 Å². The van der Waals surface area contributed by atoms with Gasteiger partial charge >= 0.3 is 0 Å². The van der Waals surface area contributed by atoms with Crippen LogP contribution in [-0.4, -0.2) is 30.7 Å². The molecule has 2 bridgehead atoms. The fourth-order valence-electron chi connectivity index (χ4n) is 3.73. The van der Waals surface area contributed by atoms with Crippen LogP contribution in [0.1, 0.15) is 26.2 Å². The van der Waals surface area contributed by atoms with Gasteiger partial charge in [-0.1, -0.05) is 11.6 Å². The number of primary sulfonamides is 1. The molecule has 122 valence electrons. The van der Waals surface area contributed by atoms with E-state index in [9.17, 15) is 13.5 Å². The third kappa shape index (κ3) is 2.95. The second kappa shape index (κ2) is 5.33. The van der Waals surface area contributed by atoms with Gasteiger partial charge in [-0.15, -0.1) is 0 Å². The van der Waals surface area contributed by atoms with Gasteiger partial charge in [0.05, 0.1) is 18.4 Å². The molecule has 1 heterocycles. The molecule has 22 heavy (non-hydrogen) atoms. The van der Waals surface area contributed by atoms with Gasteiger partial charge in [0.1, 0.15) is 9.92 Å². The Morgan fingerprint density at radius 3 is 2.77 bits per heavy atom. The van der Waals surface area contributed by atoms with Crippen LogP contribution in [0.5, 0.6) is 5.88 Å². The largest absolute Gasteiger partial charge is 0.476 e. The van der Waals surface area contributed by atoms with Gasteiger partial charge in [-0.05, 0) is 50.0 Å². The van der Waals surface area contributed by atoms with Crippen molar-refractivity contribution in [2.75, 3.05) is 6.61 Å². The Kier molecular flexibility index (Phi) is 3.87. The first-order chi connectivity index (χ1) is 10.2. The van der Waals surface area contributed by atoms with Gasteiger partial charge in [0, 0.05) is 0 Å². The van der Waals surface area contributed by atoms with E-state index in [4.69, 9.17) is 21.5 Å². The van der Waals surface area contributed by atoms with Crippen LogP contribution in [0.4, 0.5) is 0 Å². The first kappa shape index (κ1) is 16.0. The molecular formula is C14H19ClN2O4S. The lowest BCUT2D eigenvalue weighted by Gasteiger charge is -2.32. The standard InChI is InChI=1S/C14H19ClN2O4S/c1-14(18)5-8-2-10(14)3-9(8)7-21-13-12(15)4-11(6-17-13)22(16,19)20/h4,6,8-10,18H,2-3,5,7H2,1H3,(H2,16,19,20)/t8-,9-,10+,14-/m0/s1. The summed E-state index contributed by atoms with van der Waals surface area (Å²) in [6.45, 7) is 2.37. The molecule has 0 aliphatic heterocycles. The Morgan fingerprint density at radius 2 is 2.27 bits per heavy atom. The van der Waals surface area contributed by atoms with Crippen molar-refractivity contribution >= 4 is 21.6 Å². The molecule has 3 rings (SSSR count). The van der Waals surface area contributed by atoms with Crippen LogP contribution in [0.3, 0.4) is 0 Å². The molecule has 2 fully saturated rings. The predicted molar refractivity (Wildman–Crippen MR) is 81.1 cm³/mol. The van der Waals surface area contributed by atoms with Crippen LogP contribution in [0.15, 0.2) is 17.2 Å². The van der Waals surface area contributed by atoms with E-state index in [0.29, 0.717) is 24.4 Å². The van der Waals surface area contributed by atoms with E-state index >= 15 is 0 Å². The molecule has 2 aliphatic rings. The number of aliphatic hydroxyl groups is 1. The van der Waals surface area contributed by atoms with Crippen molar-refractivity contribution in [1.82, 2.24) is 4.98 Å². The lowest BCUT2D eigenvalue weighted by Crippen LogP contribution is -2.35. The van der Waals surface area contributed by atoms with Crippen molar-refractivity contribution in [3.05, 3.63) is 17.3 Å². The van der Waals surface area contributed by atoms with Crippen LogP contribution in [0.25, 0.3) is 0 Å². The van der Waals surface area contributed by atoms with Crippen LogP contribution >= 0.6 is 11.6 Å². The van der Waals surface area contributed by atoms with Crippen molar-refractivity contribution in [3.8, 4) is 5.88 Å². The molecule has 0 amide bonds. The minimum Gasteiger partial charge on any atom is -0.476 e. The molecule has 0 radical (unpaired) electrons. The SMILES string of the molecule is C[C@]1(O)C[C@@H]2C[C@@H]1C[C@H]2COc1ncc(S(N)(=O)=O)cc1Cl. The number of hydrogen-bond acceptors (Lipinski definition) is 5. The van der Waals surface area contributed by atoms with Crippen LogP contribution in [0.2, 0.25) is 5.02 Å². The fraction of sp³-hybridized carbons (Fsp3) is 0.643. The number of hydrogen-bond donors (Lipinski definition) is 2. The first-order valence-electron chi connectivity index (χ1n) is 7.20. The third-order valence-corrected chi connectivity index (χ3v) is 6.09. The number of nitrogens with zero attached hydrogens (tertiary/aromatic N) is 1. The van der Waals surface area contributed by atoms with Crippen molar-refractivity contribution in [3.63, 3.8) is 0 Å². The number of rotatable bonds is 4. The number of sulfonamides is 1. The van der Waals surface area contributed by atoms with E-state index in [1.54, 1.807) is 0 Å². The summed E-state index contributed by atoms with van der Waals surface area (Å²) >= 11 is 6.00. The van der Waals surface area contributed by atoms with Gasteiger partial charge in [0.15, 0.2) is 0 Å². The average molecular weight is 347 g/mol. The summed E-state index contributed by atoms with van der Waals surface area (Å²) in [7, 11) is -3.82. The topological polar surface area (TPSA) is 103 Å². The molecule has 6 nitrogen and oxygen atoms in total. The fourth-order valence-corrected chi connectivity index (χ4v) is 4.49. The maximum absolute atomic E-state index is 11.2. The van der Waals surface area contributed by atoms with Crippen LogP contribution in [0, 0.1) is 17.8 Å². The number of nitrogens with two attached hydrogens (primary N) is 1. The van der Waals surface area contributed by atoms with E-state index < -0.39 is 15.6 Å². The van der Waals surface area contributed by atoms with Gasteiger partial charge in [0.25, 0.3) is 0 Å². The zero-order chi connectivity index (χ0) is 16.1. The van der Waals surface area contributed by atoms with Gasteiger partial charge in [0.2, 0.25) is 15.9 Å². The highest BCUT2D eigenvalue weighted by Gasteiger charge is 2.51. The minimum absolute atomic E-state index is 0.127. The van der Waals surface area contributed by atoms with E-state index in [1.807, 2.05) is 6.92 Å². The molecule has 1 aromatic rings. The summed E-state index contributed by atoms with van der Waals surface area (Å²) in [6, 6.07) is 1.24. The minimum atomic E-state index is -3.82. The number of ether oxygens (including phenoxy) is 1. The van der Waals surface area contributed by atoms with Crippen molar-refractivity contribution < 1.29 is 18.3 Å². The highest BCUT2D eigenvalue weighted by atomic mass is 35.5. The Hall–Kier alpha value is -0.890. The summed E-state index contributed by atoms with van der Waals surface area (Å²) in [5.41, 5.74) is -0.547. The highest BCUT2D eigenvalue weighted by Crippen LogP contribution is 2.53. The van der Waals surface area contributed by atoms with E-state index in [0.717, 1.165) is 25.5 Å². The zero-order valence-electron chi connectivity index (χ0n) is 12.2. The van der Waals surface area contributed by atoms with Crippen molar-refractivity contribution in [2.24, 2.45) is 22.9 Å². The summed E-state index contributed by atoms with van der Waals surface area (Å²) in [4.78, 5) is 3.80. The van der Waals surface area contributed by atoms with E-state index in [-0.39, 0.29) is 15.8 Å². The molecule has 0 aromatic carbocycles.